The maximum absolute atomic E-state index is 14.3. The summed E-state index contributed by atoms with van der Waals surface area (Å²) in [6, 6.07) is -2.65. The number of hydrogen-bond donors (Lipinski definition) is 25. The molecule has 0 fully saturated rings. The first-order valence-corrected chi connectivity index (χ1v) is 37.9. The van der Waals surface area contributed by atoms with E-state index in [-0.39, 0.29) is 37.2 Å². The van der Waals surface area contributed by atoms with Crippen LogP contribution < -0.4 is 91.2 Å². The molecule has 0 aliphatic rings. The van der Waals surface area contributed by atoms with E-state index in [0.29, 0.717) is 16.7 Å². The van der Waals surface area contributed by atoms with E-state index >= 15 is 0 Å². The van der Waals surface area contributed by atoms with E-state index in [0.717, 1.165) is 20.8 Å². The van der Waals surface area contributed by atoms with Gasteiger partial charge in [-0.1, -0.05) is 96.1 Å². The van der Waals surface area contributed by atoms with Gasteiger partial charge in [0.1, 0.15) is 84.0 Å². The van der Waals surface area contributed by atoms with Crippen molar-refractivity contribution in [2.24, 2.45) is 29.2 Å². The minimum Gasteiger partial charge on any atom is -0.508 e. The van der Waals surface area contributed by atoms with E-state index in [1.165, 1.54) is 69.3 Å². The Kier molecular flexibility index (Phi) is 41.9. The molecule has 3 aromatic rings. The van der Waals surface area contributed by atoms with Gasteiger partial charge in [-0.2, -0.15) is 0 Å². The number of primary amides is 1. The monoisotopic (exact) mass is 1680 g/mol. The number of carboxylic acid groups (broad SMARTS) is 2. The molecule has 0 aliphatic heterocycles. The van der Waals surface area contributed by atoms with Gasteiger partial charge in [0.2, 0.25) is 94.5 Å². The summed E-state index contributed by atoms with van der Waals surface area (Å²) >= 11 is 0. The van der Waals surface area contributed by atoms with Gasteiger partial charge in [0.05, 0.1) is 57.0 Å². The number of amides is 16. The molecule has 119 heavy (non-hydrogen) atoms. The first kappa shape index (κ1) is 101. The number of aromatic hydroxyl groups is 2. The van der Waals surface area contributed by atoms with Crippen LogP contribution >= 0.6 is 0 Å². The quantitative estimate of drug-likeness (QED) is 0.0250. The van der Waals surface area contributed by atoms with E-state index in [1.54, 1.807) is 58.0 Å². The molecule has 0 saturated heterocycles. The molecular formula is C76H111N17O26. The molecule has 0 spiro atoms. The second-order valence-electron chi connectivity index (χ2n) is 29.4. The Labute approximate surface area is 684 Å². The second-order valence-corrected chi connectivity index (χ2v) is 29.4. The number of aliphatic carboxylic acids is 2. The molecule has 0 aromatic heterocycles. The number of nitrogens with two attached hydrogens (primary N) is 2. The van der Waals surface area contributed by atoms with Crippen molar-refractivity contribution in [3.8, 4) is 11.5 Å². The van der Waals surface area contributed by atoms with Crippen LogP contribution in [0.4, 0.5) is 0 Å². The second kappa shape index (κ2) is 49.6. The number of rotatable bonds is 50. The lowest BCUT2D eigenvalue weighted by molar-refractivity contribution is -0.144. The fraction of sp³-hybridized carbons (Fsp3) is 0.526. The molecule has 0 aliphatic carbocycles. The van der Waals surface area contributed by atoms with E-state index in [9.17, 15) is 127 Å². The Hall–Kier alpha value is -12.5. The number of nitrogens with one attached hydrogen (secondary N) is 15. The van der Waals surface area contributed by atoms with Crippen LogP contribution in [0.5, 0.6) is 11.5 Å². The van der Waals surface area contributed by atoms with Crippen molar-refractivity contribution < 1.29 is 127 Å². The number of benzene rings is 3. The predicted octanol–water partition coefficient (Wildman–Crippen LogP) is -8.04. The fourth-order valence-electron chi connectivity index (χ4n) is 11.3. The van der Waals surface area contributed by atoms with Crippen molar-refractivity contribution in [2.45, 2.75) is 211 Å². The molecule has 656 valence electrons. The highest BCUT2D eigenvalue weighted by atomic mass is 16.4. The van der Waals surface area contributed by atoms with Gasteiger partial charge < -0.3 is 132 Å². The lowest BCUT2D eigenvalue weighted by Crippen LogP contribution is -2.62. The molecule has 27 N–H and O–H groups in total. The van der Waals surface area contributed by atoms with Crippen LogP contribution in [-0.4, -0.2) is 270 Å². The van der Waals surface area contributed by atoms with Crippen molar-refractivity contribution in [3.05, 3.63) is 95.6 Å². The molecule has 3 aromatic carbocycles. The summed E-state index contributed by atoms with van der Waals surface area (Å²) in [6.45, 7) is 9.94. The fourth-order valence-corrected chi connectivity index (χ4v) is 11.3. The molecule has 43 nitrogen and oxygen atoms in total. The highest BCUT2D eigenvalue weighted by molar-refractivity contribution is 6.01. The zero-order chi connectivity index (χ0) is 89.8. The van der Waals surface area contributed by atoms with Gasteiger partial charge in [-0.15, -0.1) is 0 Å². The topological polar surface area (TPSA) is 702 Å². The van der Waals surface area contributed by atoms with Crippen LogP contribution in [0.25, 0.3) is 0 Å². The molecular weight excluding hydrogens is 1570 g/mol. The van der Waals surface area contributed by atoms with Gasteiger partial charge in [0.25, 0.3) is 0 Å². The molecule has 0 bridgehead atoms. The molecule has 0 radical (unpaired) electrons. The SMILES string of the molecule is CC(C)C[C@H](NC(=O)[C@H](CCC(=O)O)NC(=O)[C@@H](NC(=O)CNC(=O)[C@H](CO)NC(=O)CNC(=O)[C@H](Cc1ccccc1)NC(=O)[C@@H](NC(=O)[C@H](Cc1ccc(O)cc1)NC(=O)CNC(=O)[C@H](Cc1ccc(O)cc1)NC(=O)[C@H](CC(N)=O)NC(=O)[C@H](C)N)[C@@H](C)O)[C@@H](C)O)C(=O)N[C@H](C(=O)N[C@H](C(=O)N[C@H](C(=O)O)C(C)C)C(C)C)[C@@H](C)O. The van der Waals surface area contributed by atoms with Gasteiger partial charge in [-0.05, 0) is 99.2 Å². The van der Waals surface area contributed by atoms with Gasteiger partial charge in [-0.3, -0.25) is 81.5 Å². The summed E-state index contributed by atoms with van der Waals surface area (Å²) in [4.78, 5) is 241. The van der Waals surface area contributed by atoms with E-state index in [4.69, 9.17) is 11.5 Å². The van der Waals surface area contributed by atoms with E-state index in [2.05, 4.69) is 79.8 Å². The van der Waals surface area contributed by atoms with Crippen LogP contribution in [-0.2, 0) is 106 Å². The summed E-state index contributed by atoms with van der Waals surface area (Å²) in [5.41, 5.74) is 12.1. The third-order valence-electron chi connectivity index (χ3n) is 17.8. The lowest BCUT2D eigenvalue weighted by Gasteiger charge is -2.30. The average Bonchev–Trinajstić information content (AvgIpc) is 0.857. The average molecular weight is 1680 g/mol. The van der Waals surface area contributed by atoms with Crippen LogP contribution in [0.2, 0.25) is 0 Å². The normalized spacial score (nSPS) is 15.2. The predicted molar refractivity (Wildman–Crippen MR) is 419 cm³/mol. The summed E-state index contributed by atoms with van der Waals surface area (Å²) < 4.78 is 0. The number of carbonyl (C=O) groups is 18. The number of phenolic OH excluding ortho intramolecular Hbond substituents is 2. The van der Waals surface area contributed by atoms with Gasteiger partial charge in [-0.25, -0.2) is 4.79 Å². The zero-order valence-electron chi connectivity index (χ0n) is 67.3. The van der Waals surface area contributed by atoms with Gasteiger partial charge in [0, 0.05) is 25.7 Å². The lowest BCUT2D eigenvalue weighted by atomic mass is 9.99. The first-order valence-electron chi connectivity index (χ1n) is 37.9. The number of aliphatic hydroxyl groups is 4. The third kappa shape index (κ3) is 35.9. The van der Waals surface area contributed by atoms with Crippen LogP contribution in [0.15, 0.2) is 78.9 Å². The van der Waals surface area contributed by atoms with Crippen molar-refractivity contribution in [1.82, 2.24) is 79.8 Å². The van der Waals surface area contributed by atoms with Crippen LogP contribution in [0.1, 0.15) is 112 Å². The highest BCUT2D eigenvalue weighted by Gasteiger charge is 2.40. The largest absolute Gasteiger partial charge is 0.508 e. The Morgan fingerprint density at radius 1 is 0.353 bits per heavy atom. The van der Waals surface area contributed by atoms with Gasteiger partial charge >= 0.3 is 11.9 Å². The number of hydrogen-bond acceptors (Lipinski definition) is 25. The van der Waals surface area contributed by atoms with Crippen molar-refractivity contribution >= 4 is 106 Å². The standard InChI is InChI=1S/C76H111N17O26/c1-35(2)26-48(70(112)93-63(41(10)97)75(117)90-59(36(3)4)72(114)91-60(37(5)6)76(118)119)86-68(110)47(24-25-58(104)105)84-73(115)61(39(8)95)89-57(103)33-81-67(109)53(34-94)83-56(102)32-80-66(108)50(27-42-14-12-11-13-15-42)88-74(116)62(40(9)96)92-71(113)51(29-44-18-22-46(99)23-19-44)82-55(101)31-79-65(107)49(28-43-16-20-45(98)21-17-43)87-69(111)52(30-54(78)100)85-64(106)38(7)77/h11-23,35-41,47-53,59-63,94-99H,24-34,77H2,1-10H3,(H2,78,100)(H,79,107)(H,80,108)(H,81,109)(H,82,101)(H,83,102)(H,84,115)(H,85,106)(H,86,110)(H,87,111)(H,88,116)(H,89,103)(H,90,117)(H,91,114)(H,92,113)(H,93,112)(H,104,105)(H,118,119)/t38-,39+,40+,41+,47-,48-,49-,50-,51-,52-,53-,59-,60-,61-,62-,63-/m0/s1. The summed E-state index contributed by atoms with van der Waals surface area (Å²) in [6.07, 6.45) is -8.52. The molecule has 0 unspecified atom stereocenters. The number of aliphatic hydroxyl groups excluding tert-OH is 4. The van der Waals surface area contributed by atoms with E-state index in [1.807, 2.05) is 0 Å². The summed E-state index contributed by atoms with van der Waals surface area (Å²) in [7, 11) is 0. The number of phenols is 2. The smallest absolute Gasteiger partial charge is 0.326 e. The zero-order valence-corrected chi connectivity index (χ0v) is 67.3. The molecule has 16 amide bonds. The molecule has 43 heteroatoms. The molecule has 3 rings (SSSR count). The summed E-state index contributed by atoms with van der Waals surface area (Å²) in [5, 5.41) is 116. The minimum atomic E-state index is -1.97. The summed E-state index contributed by atoms with van der Waals surface area (Å²) in [5.74, 6) is -22.3. The van der Waals surface area contributed by atoms with Crippen molar-refractivity contribution in [2.75, 3.05) is 26.2 Å². The Bertz CT molecular complexity index is 4020. The molecule has 16 atom stereocenters. The number of carbonyl (C=O) groups excluding carboxylic acids is 16. The van der Waals surface area contributed by atoms with Crippen LogP contribution in [0, 0.1) is 17.8 Å². The maximum Gasteiger partial charge on any atom is 0.326 e. The van der Waals surface area contributed by atoms with E-state index < -0.39 is 267 Å². The van der Waals surface area contributed by atoms with Crippen LogP contribution in [0.3, 0.4) is 0 Å². The first-order chi connectivity index (χ1) is 55.7. The maximum atomic E-state index is 14.3. The van der Waals surface area contributed by atoms with Crippen molar-refractivity contribution in [1.29, 1.82) is 0 Å². The Morgan fingerprint density at radius 2 is 0.681 bits per heavy atom. The Morgan fingerprint density at radius 3 is 1.08 bits per heavy atom. The minimum absolute atomic E-state index is 0.147. The number of carboxylic acids is 2. The Balaban J connectivity index is 1.77. The molecule has 0 saturated carbocycles. The molecule has 0 heterocycles. The highest BCUT2D eigenvalue weighted by Crippen LogP contribution is 2.17. The third-order valence-corrected chi connectivity index (χ3v) is 17.8. The van der Waals surface area contributed by atoms with Gasteiger partial charge in [0.15, 0.2) is 0 Å². The van der Waals surface area contributed by atoms with Crippen molar-refractivity contribution in [3.63, 3.8) is 0 Å².